The molecule has 1 saturated carbocycles. The molecule has 4 heteroatoms. The predicted molar refractivity (Wildman–Crippen MR) is 50.9 cm³/mol. The summed E-state index contributed by atoms with van der Waals surface area (Å²) in [5.74, 6) is -2.01. The molecular weight excluding hydrogens is 188 g/mol. The zero-order valence-corrected chi connectivity index (χ0v) is 8.48. The maximum Gasteiger partial charge on any atom is 0.248 e. The monoisotopic (exact) mass is 205 g/mol. The zero-order chi connectivity index (χ0) is 10.6. The van der Waals surface area contributed by atoms with E-state index in [2.05, 4.69) is 0 Å². The average molecular weight is 205 g/mol. The van der Waals surface area contributed by atoms with Gasteiger partial charge >= 0.3 is 0 Å². The van der Waals surface area contributed by atoms with Gasteiger partial charge < -0.3 is 4.74 Å². The number of hydrogen-bond acceptors (Lipinski definition) is 2. The van der Waals surface area contributed by atoms with Crippen molar-refractivity contribution in [3.05, 3.63) is 0 Å². The van der Waals surface area contributed by atoms with Crippen LogP contribution in [0.15, 0.2) is 0 Å². The highest BCUT2D eigenvalue weighted by Gasteiger charge is 2.35. The third kappa shape index (κ3) is 3.60. The Bertz CT molecular complexity index is 196. The number of ether oxygens (including phenoxy) is 1. The van der Waals surface area contributed by atoms with Crippen molar-refractivity contribution in [1.82, 2.24) is 0 Å². The minimum Gasteiger partial charge on any atom is -0.481 e. The normalized spacial score (nSPS) is 21.9. The van der Waals surface area contributed by atoms with Crippen LogP contribution in [0.25, 0.3) is 0 Å². The maximum absolute atomic E-state index is 12.8. The topological polar surface area (TPSA) is 33.1 Å². The molecule has 0 aromatic heterocycles. The van der Waals surface area contributed by atoms with Crippen molar-refractivity contribution in [2.45, 2.75) is 45.0 Å². The highest BCUT2D eigenvalue weighted by Crippen LogP contribution is 2.37. The van der Waals surface area contributed by atoms with Gasteiger partial charge in [0.2, 0.25) is 5.92 Å². The Morgan fingerprint density at radius 2 is 2.00 bits per heavy atom. The van der Waals surface area contributed by atoms with Gasteiger partial charge in [-0.25, -0.2) is 8.78 Å². The van der Waals surface area contributed by atoms with E-state index < -0.39 is 5.92 Å². The summed E-state index contributed by atoms with van der Waals surface area (Å²) in [6.45, 7) is 2.31. The van der Waals surface area contributed by atoms with E-state index >= 15 is 0 Å². The first-order valence-corrected chi connectivity index (χ1v) is 5.11. The van der Waals surface area contributed by atoms with Crippen LogP contribution in [-0.2, 0) is 4.74 Å². The van der Waals surface area contributed by atoms with Crippen LogP contribution in [0.5, 0.6) is 0 Å². The average Bonchev–Trinajstić information content (AvgIpc) is 2.09. The Hall–Kier alpha value is -0.670. The maximum atomic E-state index is 12.8. The molecule has 0 amide bonds. The lowest BCUT2D eigenvalue weighted by atomic mass is 9.85. The molecule has 14 heavy (non-hydrogen) atoms. The van der Waals surface area contributed by atoms with Crippen molar-refractivity contribution < 1.29 is 13.5 Å². The van der Waals surface area contributed by atoms with Crippen molar-refractivity contribution in [3.8, 4) is 0 Å². The molecule has 0 aromatic rings. The number of hydrogen-bond donors (Lipinski definition) is 1. The summed E-state index contributed by atoms with van der Waals surface area (Å²) in [7, 11) is 0. The molecule has 82 valence electrons. The molecule has 0 saturated heterocycles. The number of halogens is 2. The van der Waals surface area contributed by atoms with Gasteiger partial charge in [0.25, 0.3) is 0 Å². The van der Waals surface area contributed by atoms with Crippen LogP contribution < -0.4 is 0 Å². The third-order valence-electron chi connectivity index (χ3n) is 2.63. The summed E-state index contributed by atoms with van der Waals surface area (Å²) < 4.78 is 30.5. The van der Waals surface area contributed by atoms with E-state index in [0.29, 0.717) is 25.9 Å². The lowest BCUT2D eigenvalue weighted by Crippen LogP contribution is -2.26. The SMILES string of the molecule is CCOC(=N)CC1CCC(F)(F)CC1. The highest BCUT2D eigenvalue weighted by atomic mass is 19.3. The summed E-state index contributed by atoms with van der Waals surface area (Å²) in [4.78, 5) is 0. The van der Waals surface area contributed by atoms with Gasteiger partial charge in [0.05, 0.1) is 6.61 Å². The van der Waals surface area contributed by atoms with Crippen LogP contribution in [0.1, 0.15) is 39.0 Å². The van der Waals surface area contributed by atoms with E-state index in [1.54, 1.807) is 0 Å². The Balaban J connectivity index is 2.25. The highest BCUT2D eigenvalue weighted by molar-refractivity contribution is 5.72. The lowest BCUT2D eigenvalue weighted by Gasteiger charge is -2.27. The van der Waals surface area contributed by atoms with E-state index in [9.17, 15) is 8.78 Å². The summed E-state index contributed by atoms with van der Waals surface area (Å²) >= 11 is 0. The second-order valence-electron chi connectivity index (χ2n) is 3.86. The summed E-state index contributed by atoms with van der Waals surface area (Å²) in [6.07, 6.45) is 1.49. The van der Waals surface area contributed by atoms with E-state index in [-0.39, 0.29) is 24.7 Å². The minimum absolute atomic E-state index is 0.0307. The Kier molecular flexibility index (Phi) is 3.84. The van der Waals surface area contributed by atoms with Crippen molar-refractivity contribution in [1.29, 1.82) is 5.41 Å². The van der Waals surface area contributed by atoms with Crippen LogP contribution in [0.2, 0.25) is 0 Å². The molecule has 1 fully saturated rings. The zero-order valence-electron chi connectivity index (χ0n) is 8.48. The predicted octanol–water partition coefficient (Wildman–Crippen LogP) is 3.22. The molecule has 1 rings (SSSR count). The van der Waals surface area contributed by atoms with Crippen LogP contribution >= 0.6 is 0 Å². The molecule has 1 aliphatic carbocycles. The number of rotatable bonds is 3. The molecule has 0 aromatic carbocycles. The quantitative estimate of drug-likeness (QED) is 0.557. The first-order chi connectivity index (χ1) is 6.53. The van der Waals surface area contributed by atoms with Gasteiger partial charge in [0.1, 0.15) is 0 Å². The van der Waals surface area contributed by atoms with E-state index in [0.717, 1.165) is 0 Å². The molecule has 0 atom stereocenters. The fraction of sp³-hybridized carbons (Fsp3) is 0.900. The fourth-order valence-electron chi connectivity index (χ4n) is 1.80. The molecule has 0 radical (unpaired) electrons. The second kappa shape index (κ2) is 4.71. The molecule has 0 unspecified atom stereocenters. The lowest BCUT2D eigenvalue weighted by molar-refractivity contribution is -0.0454. The first kappa shape index (κ1) is 11.4. The number of nitrogens with one attached hydrogen (secondary N) is 1. The fourth-order valence-corrected chi connectivity index (χ4v) is 1.80. The first-order valence-electron chi connectivity index (χ1n) is 5.11. The minimum atomic E-state index is -2.47. The third-order valence-corrected chi connectivity index (χ3v) is 2.63. The van der Waals surface area contributed by atoms with Crippen LogP contribution in [0.3, 0.4) is 0 Å². The van der Waals surface area contributed by atoms with Gasteiger partial charge in [-0.3, -0.25) is 5.41 Å². The smallest absolute Gasteiger partial charge is 0.248 e. The van der Waals surface area contributed by atoms with Crippen LogP contribution in [-0.4, -0.2) is 18.4 Å². The Morgan fingerprint density at radius 3 is 2.50 bits per heavy atom. The van der Waals surface area contributed by atoms with Crippen molar-refractivity contribution in [2.75, 3.05) is 6.61 Å². The van der Waals surface area contributed by atoms with E-state index in [1.807, 2.05) is 6.92 Å². The van der Waals surface area contributed by atoms with E-state index in [4.69, 9.17) is 10.1 Å². The molecular formula is C10H17F2NO. The van der Waals surface area contributed by atoms with Gasteiger partial charge in [0.15, 0.2) is 5.90 Å². The molecule has 1 N–H and O–H groups in total. The van der Waals surface area contributed by atoms with Crippen molar-refractivity contribution in [3.63, 3.8) is 0 Å². The van der Waals surface area contributed by atoms with Gasteiger partial charge in [-0.2, -0.15) is 0 Å². The standard InChI is InChI=1S/C10H17F2NO/c1-2-14-9(13)7-8-3-5-10(11,12)6-4-8/h8,13H,2-7H2,1H3. The molecule has 0 spiro atoms. The molecule has 2 nitrogen and oxygen atoms in total. The molecule has 0 bridgehead atoms. The summed E-state index contributed by atoms with van der Waals surface area (Å²) in [5, 5.41) is 7.41. The van der Waals surface area contributed by atoms with Crippen molar-refractivity contribution >= 4 is 5.90 Å². The second-order valence-corrected chi connectivity index (χ2v) is 3.86. The number of alkyl halides is 2. The Labute approximate surface area is 83.1 Å². The molecule has 0 aliphatic heterocycles. The van der Waals surface area contributed by atoms with Gasteiger partial charge in [-0.1, -0.05) is 0 Å². The summed E-state index contributed by atoms with van der Waals surface area (Å²) in [5.41, 5.74) is 0. The van der Waals surface area contributed by atoms with Gasteiger partial charge in [-0.15, -0.1) is 0 Å². The largest absolute Gasteiger partial charge is 0.481 e. The van der Waals surface area contributed by atoms with E-state index in [1.165, 1.54) is 0 Å². The van der Waals surface area contributed by atoms with Gasteiger partial charge in [-0.05, 0) is 25.7 Å². The molecule has 1 aliphatic rings. The van der Waals surface area contributed by atoms with Crippen LogP contribution in [0, 0.1) is 11.3 Å². The van der Waals surface area contributed by atoms with Gasteiger partial charge in [0, 0.05) is 19.3 Å². The van der Waals surface area contributed by atoms with Crippen LogP contribution in [0.4, 0.5) is 8.78 Å². The summed E-state index contributed by atoms with van der Waals surface area (Å²) in [6, 6.07) is 0. The Morgan fingerprint density at radius 1 is 1.43 bits per heavy atom. The molecule has 0 heterocycles. The van der Waals surface area contributed by atoms with Crippen molar-refractivity contribution in [2.24, 2.45) is 5.92 Å².